The molecular formula is C20H28N2O3S. The van der Waals surface area contributed by atoms with E-state index in [0.717, 1.165) is 22.8 Å². The molecule has 5 nitrogen and oxygen atoms in total. The van der Waals surface area contributed by atoms with Crippen molar-refractivity contribution in [1.82, 2.24) is 9.88 Å². The number of hydrogen-bond donors (Lipinski definition) is 0. The van der Waals surface area contributed by atoms with Crippen LogP contribution in [-0.4, -0.2) is 47.5 Å². The molecule has 0 fully saturated rings. The first-order chi connectivity index (χ1) is 12.1. The summed E-state index contributed by atoms with van der Waals surface area (Å²) in [6, 6.07) is 2.23. The highest BCUT2D eigenvalue weighted by molar-refractivity contribution is 7.99. The number of carbonyl (C=O) groups excluding carboxylic acids is 1. The van der Waals surface area contributed by atoms with Gasteiger partial charge in [0.25, 0.3) is 0 Å². The van der Waals surface area contributed by atoms with E-state index in [4.69, 9.17) is 14.5 Å². The van der Waals surface area contributed by atoms with Gasteiger partial charge in [0.2, 0.25) is 5.88 Å². The van der Waals surface area contributed by atoms with E-state index < -0.39 is 5.60 Å². The van der Waals surface area contributed by atoms with Crippen LogP contribution >= 0.6 is 11.8 Å². The molecule has 3 rings (SSSR count). The van der Waals surface area contributed by atoms with Crippen molar-refractivity contribution < 1.29 is 14.3 Å². The molecule has 3 heterocycles. The summed E-state index contributed by atoms with van der Waals surface area (Å²) in [5.41, 5.74) is 3.16. The molecule has 0 atom stereocenters. The maximum absolute atomic E-state index is 12.3. The minimum Gasteiger partial charge on any atom is -0.481 e. The molecule has 2 aliphatic rings. The summed E-state index contributed by atoms with van der Waals surface area (Å²) in [7, 11) is 1.67. The Morgan fingerprint density at radius 2 is 2.08 bits per heavy atom. The summed E-state index contributed by atoms with van der Waals surface area (Å²) in [6.07, 6.45) is 2.60. The minimum absolute atomic E-state index is 0.117. The molecule has 0 radical (unpaired) electrons. The first kappa shape index (κ1) is 19.1. The van der Waals surface area contributed by atoms with Gasteiger partial charge >= 0.3 is 6.09 Å². The third kappa shape index (κ3) is 3.85. The zero-order chi connectivity index (χ0) is 19.1. The number of hydrogen-bond acceptors (Lipinski definition) is 5. The SMILES string of the molecule is COc1nc2c(cc1C1=CCN(C(=O)OC(C)(C)C)CC1)C(C)(C)CS2. The average Bonchev–Trinajstić information content (AvgIpc) is 2.87. The molecule has 26 heavy (non-hydrogen) atoms. The van der Waals surface area contributed by atoms with Gasteiger partial charge in [0.15, 0.2) is 0 Å². The summed E-state index contributed by atoms with van der Waals surface area (Å²) < 4.78 is 11.0. The third-order valence-electron chi connectivity index (χ3n) is 4.65. The second-order valence-corrected chi connectivity index (χ2v) is 9.44. The Hall–Kier alpha value is -1.69. The van der Waals surface area contributed by atoms with Crippen LogP contribution < -0.4 is 4.74 Å². The van der Waals surface area contributed by atoms with E-state index in [0.29, 0.717) is 19.0 Å². The van der Waals surface area contributed by atoms with Crippen molar-refractivity contribution in [2.45, 2.75) is 57.1 Å². The predicted octanol–water partition coefficient (Wildman–Crippen LogP) is 4.50. The van der Waals surface area contributed by atoms with Crippen LogP contribution in [-0.2, 0) is 10.2 Å². The average molecular weight is 377 g/mol. The number of thioether (sulfide) groups is 1. The van der Waals surface area contributed by atoms with Crippen LogP contribution in [0.5, 0.6) is 5.88 Å². The number of fused-ring (bicyclic) bond motifs is 1. The largest absolute Gasteiger partial charge is 0.481 e. The van der Waals surface area contributed by atoms with Crippen LogP contribution in [0.25, 0.3) is 5.57 Å². The molecule has 142 valence electrons. The molecular weight excluding hydrogens is 348 g/mol. The third-order valence-corrected chi connectivity index (χ3v) is 6.10. The highest BCUT2D eigenvalue weighted by Gasteiger charge is 2.34. The van der Waals surface area contributed by atoms with E-state index in [1.54, 1.807) is 23.8 Å². The van der Waals surface area contributed by atoms with Gasteiger partial charge in [-0.2, -0.15) is 0 Å². The van der Waals surface area contributed by atoms with Crippen LogP contribution in [0.15, 0.2) is 17.2 Å². The number of carbonyl (C=O) groups is 1. The Morgan fingerprint density at radius 3 is 2.65 bits per heavy atom. The molecule has 1 amide bonds. The van der Waals surface area contributed by atoms with Crippen LogP contribution in [0.4, 0.5) is 4.79 Å². The van der Waals surface area contributed by atoms with Crippen LogP contribution in [0.1, 0.15) is 52.2 Å². The Labute approximate surface area is 160 Å². The zero-order valence-corrected chi connectivity index (χ0v) is 17.3. The van der Waals surface area contributed by atoms with Crippen LogP contribution in [0.2, 0.25) is 0 Å². The van der Waals surface area contributed by atoms with Gasteiger partial charge in [-0.05, 0) is 44.4 Å². The number of nitrogens with zero attached hydrogens (tertiary/aromatic N) is 2. The lowest BCUT2D eigenvalue weighted by molar-refractivity contribution is 0.0270. The highest BCUT2D eigenvalue weighted by atomic mass is 32.2. The summed E-state index contributed by atoms with van der Waals surface area (Å²) >= 11 is 1.79. The summed E-state index contributed by atoms with van der Waals surface area (Å²) in [6.45, 7) is 11.3. The van der Waals surface area contributed by atoms with E-state index in [9.17, 15) is 4.79 Å². The minimum atomic E-state index is -0.475. The van der Waals surface area contributed by atoms with Gasteiger partial charge in [-0.3, -0.25) is 0 Å². The van der Waals surface area contributed by atoms with Crippen molar-refractivity contribution in [1.29, 1.82) is 0 Å². The standard InChI is InChI=1S/C20H28N2O3S/c1-19(2,3)25-18(23)22-9-7-13(8-10-22)14-11-15-17(21-16(14)24-6)26-12-20(15,4)5/h7,11H,8-10,12H2,1-6H3. The lowest BCUT2D eigenvalue weighted by Crippen LogP contribution is -2.39. The topological polar surface area (TPSA) is 51.7 Å². The molecule has 1 aromatic heterocycles. The maximum atomic E-state index is 12.3. The maximum Gasteiger partial charge on any atom is 0.410 e. The van der Waals surface area contributed by atoms with Gasteiger partial charge in [0.1, 0.15) is 10.6 Å². The fourth-order valence-corrected chi connectivity index (χ4v) is 4.48. The van der Waals surface area contributed by atoms with E-state index in [1.165, 1.54) is 11.1 Å². The summed E-state index contributed by atoms with van der Waals surface area (Å²) in [5, 5.41) is 1.07. The number of pyridine rings is 1. The van der Waals surface area contributed by atoms with E-state index in [2.05, 4.69) is 26.0 Å². The lowest BCUT2D eigenvalue weighted by Gasteiger charge is -2.30. The van der Waals surface area contributed by atoms with Crippen molar-refractivity contribution in [2.75, 3.05) is 26.0 Å². The smallest absolute Gasteiger partial charge is 0.410 e. The second-order valence-electron chi connectivity index (χ2n) is 8.48. The van der Waals surface area contributed by atoms with Gasteiger partial charge in [0.05, 0.1) is 7.11 Å². The summed E-state index contributed by atoms with van der Waals surface area (Å²) in [5.74, 6) is 1.71. The molecule has 0 aromatic carbocycles. The lowest BCUT2D eigenvalue weighted by atomic mass is 9.86. The Kier molecular flexibility index (Phi) is 4.99. The van der Waals surface area contributed by atoms with Crippen molar-refractivity contribution in [3.8, 4) is 5.88 Å². The molecule has 0 aliphatic carbocycles. The Bertz CT molecular complexity index is 750. The van der Waals surface area contributed by atoms with E-state index in [-0.39, 0.29) is 11.5 Å². The van der Waals surface area contributed by atoms with Gasteiger partial charge < -0.3 is 14.4 Å². The Morgan fingerprint density at radius 1 is 1.35 bits per heavy atom. The fourth-order valence-electron chi connectivity index (χ4n) is 3.19. The monoisotopic (exact) mass is 376 g/mol. The van der Waals surface area contributed by atoms with Crippen molar-refractivity contribution in [2.24, 2.45) is 0 Å². The fraction of sp³-hybridized carbons (Fsp3) is 0.600. The summed E-state index contributed by atoms with van der Waals surface area (Å²) in [4.78, 5) is 18.7. The first-order valence-corrected chi connectivity index (χ1v) is 9.99. The molecule has 0 N–H and O–H groups in total. The highest BCUT2D eigenvalue weighted by Crippen LogP contribution is 2.45. The first-order valence-electron chi connectivity index (χ1n) is 9.00. The van der Waals surface area contributed by atoms with Gasteiger partial charge in [-0.1, -0.05) is 19.9 Å². The number of ether oxygens (including phenoxy) is 2. The zero-order valence-electron chi connectivity index (χ0n) is 16.5. The quantitative estimate of drug-likeness (QED) is 0.761. The number of methoxy groups -OCH3 is 1. The van der Waals surface area contributed by atoms with Crippen LogP contribution in [0, 0.1) is 0 Å². The molecule has 0 spiro atoms. The van der Waals surface area contributed by atoms with Crippen LogP contribution in [0.3, 0.4) is 0 Å². The predicted molar refractivity (Wildman–Crippen MR) is 105 cm³/mol. The molecule has 0 bridgehead atoms. The normalized spacial score (nSPS) is 19.0. The van der Waals surface area contributed by atoms with E-state index >= 15 is 0 Å². The molecule has 0 unspecified atom stereocenters. The number of rotatable bonds is 2. The van der Waals surface area contributed by atoms with Gasteiger partial charge in [-0.15, -0.1) is 11.8 Å². The Balaban J connectivity index is 1.84. The van der Waals surface area contributed by atoms with E-state index in [1.807, 2.05) is 20.8 Å². The molecule has 0 saturated heterocycles. The molecule has 2 aliphatic heterocycles. The molecule has 6 heteroatoms. The molecule has 1 aromatic rings. The van der Waals surface area contributed by atoms with Gasteiger partial charge in [0, 0.05) is 29.8 Å². The molecule has 0 saturated carbocycles. The number of amides is 1. The van der Waals surface area contributed by atoms with Crippen molar-refractivity contribution >= 4 is 23.4 Å². The van der Waals surface area contributed by atoms with Crippen molar-refractivity contribution in [3.05, 3.63) is 23.3 Å². The number of aromatic nitrogens is 1. The van der Waals surface area contributed by atoms with Crippen molar-refractivity contribution in [3.63, 3.8) is 0 Å². The second kappa shape index (κ2) is 6.80. The van der Waals surface area contributed by atoms with Gasteiger partial charge in [-0.25, -0.2) is 9.78 Å².